The van der Waals surface area contributed by atoms with Crippen molar-refractivity contribution in [2.24, 2.45) is 0 Å². The summed E-state index contributed by atoms with van der Waals surface area (Å²) >= 11 is 6.16. The lowest BCUT2D eigenvalue weighted by Crippen LogP contribution is -2.49. The Hall–Kier alpha value is -2.60. The van der Waals surface area contributed by atoms with Gasteiger partial charge in [0.15, 0.2) is 0 Å². The summed E-state index contributed by atoms with van der Waals surface area (Å²) in [5.41, 5.74) is 4.02. The monoisotopic (exact) mass is 557 g/mol. The van der Waals surface area contributed by atoms with Crippen LogP contribution >= 0.6 is 24.0 Å². The molecule has 1 aliphatic carbocycles. The van der Waals surface area contributed by atoms with Crippen molar-refractivity contribution in [1.82, 2.24) is 10.0 Å². The van der Waals surface area contributed by atoms with E-state index in [9.17, 15) is 13.7 Å². The molecule has 1 aliphatic heterocycles. The number of rotatable bonds is 8. The molecule has 0 amide bonds. The highest BCUT2D eigenvalue weighted by molar-refractivity contribution is 7.89. The molecule has 0 saturated heterocycles. The molecule has 3 aromatic rings. The third-order valence-corrected chi connectivity index (χ3v) is 9.12. The lowest BCUT2D eigenvalue weighted by molar-refractivity contribution is 0.164. The molecule has 3 aromatic carbocycles. The van der Waals surface area contributed by atoms with Crippen molar-refractivity contribution in [1.29, 1.82) is 5.26 Å². The summed E-state index contributed by atoms with van der Waals surface area (Å²) in [5, 5.41) is 13.7. The van der Waals surface area contributed by atoms with E-state index in [0.29, 0.717) is 5.75 Å². The van der Waals surface area contributed by atoms with Crippen molar-refractivity contribution in [3.8, 4) is 11.8 Å². The van der Waals surface area contributed by atoms with Crippen LogP contribution in [0, 0.1) is 11.3 Å². The highest BCUT2D eigenvalue weighted by atomic mass is 35.5. The Morgan fingerprint density at radius 2 is 1.86 bits per heavy atom. The van der Waals surface area contributed by atoms with Gasteiger partial charge >= 0.3 is 0 Å². The third-order valence-electron chi connectivity index (χ3n) is 7.35. The Labute approximate surface area is 229 Å². The smallest absolute Gasteiger partial charge is 0.242 e. The molecule has 1 fully saturated rings. The first-order chi connectivity index (χ1) is 17.4. The number of nitrogens with one attached hydrogen (secondary N) is 2. The van der Waals surface area contributed by atoms with Gasteiger partial charge in [-0.3, -0.25) is 0 Å². The second kappa shape index (κ2) is 11.4. The first kappa shape index (κ1) is 27.4. The number of hydrogen-bond donors (Lipinski definition) is 2. The van der Waals surface area contributed by atoms with E-state index in [0.717, 1.165) is 30.8 Å². The molecule has 0 spiro atoms. The minimum absolute atomic E-state index is 0. The maximum atomic E-state index is 12.6. The van der Waals surface area contributed by atoms with Gasteiger partial charge in [0, 0.05) is 23.0 Å². The lowest BCUT2D eigenvalue weighted by atomic mass is 9.58. The highest BCUT2D eigenvalue weighted by Gasteiger charge is 2.47. The number of nitrogens with zero attached hydrogens (tertiary/aromatic N) is 1. The molecule has 0 aromatic heterocycles. The molecule has 2 aliphatic rings. The van der Waals surface area contributed by atoms with E-state index >= 15 is 0 Å². The van der Waals surface area contributed by atoms with E-state index in [1.807, 2.05) is 24.3 Å². The first-order valence-electron chi connectivity index (χ1n) is 12.2. The first-order valence-corrected chi connectivity index (χ1v) is 14.0. The fraction of sp³-hybridized carbons (Fsp3) is 0.321. The molecule has 0 radical (unpaired) electrons. The summed E-state index contributed by atoms with van der Waals surface area (Å²) in [6, 6.07) is 22.7. The molecule has 5 rings (SSSR count). The van der Waals surface area contributed by atoms with Crippen LogP contribution in [0.1, 0.15) is 47.6 Å². The molecule has 1 heterocycles. The predicted octanol–water partition coefficient (Wildman–Crippen LogP) is 5.30. The fourth-order valence-corrected chi connectivity index (χ4v) is 6.71. The van der Waals surface area contributed by atoms with Crippen LogP contribution in [0.3, 0.4) is 0 Å². The Bertz CT molecular complexity index is 1400. The number of sulfonamides is 1. The van der Waals surface area contributed by atoms with Crippen LogP contribution in [0.4, 0.5) is 0 Å². The molecule has 2 N–H and O–H groups in total. The molecular weight excluding hydrogens is 529 g/mol. The van der Waals surface area contributed by atoms with Gasteiger partial charge in [-0.05, 0) is 78.9 Å². The van der Waals surface area contributed by atoms with Crippen molar-refractivity contribution in [3.05, 3.63) is 94.0 Å². The van der Waals surface area contributed by atoms with Gasteiger partial charge in [-0.2, -0.15) is 5.26 Å². The Morgan fingerprint density at radius 1 is 1.11 bits per heavy atom. The molecule has 0 bridgehead atoms. The third kappa shape index (κ3) is 5.50. The SMILES string of the molecule is Cl.N#Cc1ccccc1S(=O)(=O)NCCOc1ccc2c(c1)C(C1(c3ccc(Cl)cc3)CCC1)NCC2. The van der Waals surface area contributed by atoms with E-state index in [4.69, 9.17) is 16.3 Å². The van der Waals surface area contributed by atoms with E-state index in [-0.39, 0.29) is 47.5 Å². The van der Waals surface area contributed by atoms with E-state index in [1.165, 1.54) is 35.2 Å². The van der Waals surface area contributed by atoms with Crippen LogP contribution in [0.2, 0.25) is 5.02 Å². The summed E-state index contributed by atoms with van der Waals surface area (Å²) in [4.78, 5) is -0.0248. The zero-order chi connectivity index (χ0) is 25.2. The number of benzene rings is 3. The van der Waals surface area contributed by atoms with Crippen LogP contribution in [-0.4, -0.2) is 28.1 Å². The second-order valence-corrected chi connectivity index (χ2v) is 11.5. The normalized spacial score (nSPS) is 18.0. The molecule has 9 heteroatoms. The van der Waals surface area contributed by atoms with Gasteiger partial charge < -0.3 is 10.1 Å². The number of hydrogen-bond acceptors (Lipinski definition) is 5. The van der Waals surface area contributed by atoms with E-state index in [1.54, 1.807) is 12.1 Å². The fourth-order valence-electron chi connectivity index (χ4n) is 5.41. The predicted molar refractivity (Wildman–Crippen MR) is 147 cm³/mol. The summed E-state index contributed by atoms with van der Waals surface area (Å²) in [6.45, 7) is 1.20. The van der Waals surface area contributed by atoms with Gasteiger partial charge in [-0.1, -0.05) is 48.4 Å². The topological polar surface area (TPSA) is 91.2 Å². The quantitative estimate of drug-likeness (QED) is 0.367. The van der Waals surface area contributed by atoms with Gasteiger partial charge in [0.2, 0.25) is 10.0 Å². The van der Waals surface area contributed by atoms with Crippen molar-refractivity contribution in [2.75, 3.05) is 19.7 Å². The number of ether oxygens (including phenoxy) is 1. The summed E-state index contributed by atoms with van der Waals surface area (Å²) in [5.74, 6) is 0.713. The summed E-state index contributed by atoms with van der Waals surface area (Å²) < 4.78 is 33.7. The molecule has 1 atom stereocenters. The van der Waals surface area contributed by atoms with Crippen LogP contribution in [0.25, 0.3) is 0 Å². The Kier molecular flexibility index (Phi) is 8.47. The standard InChI is InChI=1S/C28H28ClN3O3S.ClH/c29-23-9-7-22(8-10-23)28(13-3-14-28)27-25-18-24(11-6-20(25)12-15-31-27)35-17-16-32-36(33,34)26-5-2-1-4-21(26)19-30;/h1-2,4-11,18,27,31-32H,3,12-17H2;1H. The molecule has 37 heavy (non-hydrogen) atoms. The van der Waals surface area contributed by atoms with Crippen molar-refractivity contribution < 1.29 is 13.2 Å². The molecule has 6 nitrogen and oxygen atoms in total. The van der Waals surface area contributed by atoms with Crippen molar-refractivity contribution >= 4 is 34.0 Å². The largest absolute Gasteiger partial charge is 0.492 e. The minimum Gasteiger partial charge on any atom is -0.492 e. The average molecular weight is 559 g/mol. The number of halogens is 2. The van der Waals surface area contributed by atoms with Crippen LogP contribution < -0.4 is 14.8 Å². The van der Waals surface area contributed by atoms with Gasteiger partial charge in [0.1, 0.15) is 18.4 Å². The molecular formula is C28H29Cl2N3O3S. The van der Waals surface area contributed by atoms with Crippen molar-refractivity contribution in [3.63, 3.8) is 0 Å². The molecule has 1 unspecified atom stereocenters. The molecule has 194 valence electrons. The zero-order valence-electron chi connectivity index (χ0n) is 20.2. The van der Waals surface area contributed by atoms with Gasteiger partial charge in [0.05, 0.1) is 10.5 Å². The van der Waals surface area contributed by atoms with Crippen LogP contribution in [-0.2, 0) is 21.9 Å². The van der Waals surface area contributed by atoms with Gasteiger partial charge in [-0.15, -0.1) is 12.4 Å². The van der Waals surface area contributed by atoms with E-state index in [2.05, 4.69) is 34.3 Å². The number of nitriles is 1. The summed E-state index contributed by atoms with van der Waals surface area (Å²) in [6.07, 6.45) is 4.38. The molecule has 1 saturated carbocycles. The highest BCUT2D eigenvalue weighted by Crippen LogP contribution is 2.53. The Morgan fingerprint density at radius 3 is 2.57 bits per heavy atom. The minimum atomic E-state index is -3.80. The van der Waals surface area contributed by atoms with Gasteiger partial charge in [-0.25, -0.2) is 13.1 Å². The lowest BCUT2D eigenvalue weighted by Gasteiger charge is -2.50. The zero-order valence-corrected chi connectivity index (χ0v) is 22.6. The maximum Gasteiger partial charge on any atom is 0.242 e. The van der Waals surface area contributed by atoms with Crippen LogP contribution in [0.15, 0.2) is 71.6 Å². The maximum absolute atomic E-state index is 12.6. The Balaban J connectivity index is 0.00000320. The van der Waals surface area contributed by atoms with Crippen LogP contribution in [0.5, 0.6) is 5.75 Å². The second-order valence-electron chi connectivity index (χ2n) is 9.37. The van der Waals surface area contributed by atoms with Crippen molar-refractivity contribution in [2.45, 2.75) is 42.0 Å². The number of fused-ring (bicyclic) bond motifs is 1. The average Bonchev–Trinajstić information content (AvgIpc) is 2.87. The van der Waals surface area contributed by atoms with E-state index < -0.39 is 10.0 Å². The summed E-state index contributed by atoms with van der Waals surface area (Å²) in [7, 11) is -3.80. The van der Waals surface area contributed by atoms with Gasteiger partial charge in [0.25, 0.3) is 0 Å².